The summed E-state index contributed by atoms with van der Waals surface area (Å²) in [4.78, 5) is 24.5. The van der Waals surface area contributed by atoms with Gasteiger partial charge < -0.3 is 14.9 Å². The first-order valence-electron chi connectivity index (χ1n) is 6.46. The summed E-state index contributed by atoms with van der Waals surface area (Å²) < 4.78 is 37.4. The second kappa shape index (κ2) is 6.76. The summed E-state index contributed by atoms with van der Waals surface area (Å²) in [5, 5.41) is 8.68. The molecule has 0 atom stereocenters. The van der Waals surface area contributed by atoms with Gasteiger partial charge in [0.05, 0.1) is 0 Å². The molecule has 0 bridgehead atoms. The Bertz CT molecular complexity index is 402. The molecule has 0 aromatic rings. The highest BCUT2D eigenvalue weighted by molar-refractivity contribution is 8.00. The maximum absolute atomic E-state index is 12.5. The van der Waals surface area contributed by atoms with Gasteiger partial charge in [0.15, 0.2) is 0 Å². The number of carbonyl (C=O) groups is 2. The van der Waals surface area contributed by atoms with Crippen molar-refractivity contribution in [2.45, 2.75) is 31.2 Å². The minimum atomic E-state index is -4.62. The Hall–Kier alpha value is -1.12. The van der Waals surface area contributed by atoms with Crippen LogP contribution in [0, 0.1) is 0 Å². The van der Waals surface area contributed by atoms with Crippen LogP contribution in [0.5, 0.6) is 0 Å². The van der Waals surface area contributed by atoms with E-state index in [4.69, 9.17) is 5.11 Å². The van der Waals surface area contributed by atoms with E-state index in [0.717, 1.165) is 0 Å². The van der Waals surface area contributed by atoms with Crippen molar-refractivity contribution in [3.8, 4) is 0 Å². The van der Waals surface area contributed by atoms with Crippen LogP contribution in [0.15, 0.2) is 0 Å². The molecule has 1 rings (SSSR count). The van der Waals surface area contributed by atoms with Crippen molar-refractivity contribution in [3.05, 3.63) is 0 Å². The molecule has 122 valence electrons. The van der Waals surface area contributed by atoms with Gasteiger partial charge in [-0.3, -0.25) is 4.79 Å². The van der Waals surface area contributed by atoms with Gasteiger partial charge >= 0.3 is 18.2 Å². The topological polar surface area (TPSA) is 60.9 Å². The molecule has 1 aliphatic heterocycles. The molecule has 2 amide bonds. The third kappa shape index (κ3) is 6.45. The minimum absolute atomic E-state index is 0.0450. The van der Waals surface area contributed by atoms with E-state index in [-0.39, 0.29) is 4.75 Å². The van der Waals surface area contributed by atoms with Gasteiger partial charge in [0, 0.05) is 23.6 Å². The van der Waals surface area contributed by atoms with E-state index < -0.39 is 31.3 Å². The molecule has 0 saturated carbocycles. The van der Waals surface area contributed by atoms with E-state index in [9.17, 15) is 22.8 Å². The highest BCUT2D eigenvalue weighted by Crippen LogP contribution is 2.31. The van der Waals surface area contributed by atoms with Gasteiger partial charge in [-0.2, -0.15) is 24.9 Å². The largest absolute Gasteiger partial charge is 0.480 e. The number of alkyl halides is 3. The predicted molar refractivity (Wildman–Crippen MR) is 73.4 cm³/mol. The standard InChI is InChI=1S/C12H19F3N2O3S/c1-11(2)3-4-16(5-6-21-11)10(20)17(7-9(18)19)8-12(13,14)15/h3-8H2,1-2H3,(H,18,19). The zero-order valence-electron chi connectivity index (χ0n) is 11.9. The fourth-order valence-corrected chi connectivity index (χ4v) is 3.08. The fourth-order valence-electron chi connectivity index (χ4n) is 1.98. The van der Waals surface area contributed by atoms with Crippen molar-refractivity contribution in [2.24, 2.45) is 0 Å². The Morgan fingerprint density at radius 2 is 1.95 bits per heavy atom. The highest BCUT2D eigenvalue weighted by atomic mass is 32.2. The number of hydrogen-bond acceptors (Lipinski definition) is 3. The zero-order chi connectivity index (χ0) is 16.3. The molecule has 1 heterocycles. The van der Waals surface area contributed by atoms with E-state index in [0.29, 0.717) is 30.2 Å². The lowest BCUT2D eigenvalue weighted by Crippen LogP contribution is -2.49. The van der Waals surface area contributed by atoms with Gasteiger partial charge in [0.25, 0.3) is 0 Å². The van der Waals surface area contributed by atoms with Crippen LogP contribution in [0.25, 0.3) is 0 Å². The minimum Gasteiger partial charge on any atom is -0.480 e. The fraction of sp³-hybridized carbons (Fsp3) is 0.833. The lowest BCUT2D eigenvalue weighted by atomic mass is 10.1. The summed E-state index contributed by atoms with van der Waals surface area (Å²) in [5.41, 5.74) is 0. The Morgan fingerprint density at radius 3 is 2.48 bits per heavy atom. The smallest absolute Gasteiger partial charge is 0.406 e. The second-order valence-corrected chi connectivity index (χ2v) is 7.29. The van der Waals surface area contributed by atoms with Crippen molar-refractivity contribution in [3.63, 3.8) is 0 Å². The van der Waals surface area contributed by atoms with Gasteiger partial charge in [-0.25, -0.2) is 4.79 Å². The molecule has 9 heteroatoms. The average Bonchev–Trinajstić information content (AvgIpc) is 2.46. The van der Waals surface area contributed by atoms with Crippen molar-refractivity contribution in [1.82, 2.24) is 9.80 Å². The third-order valence-electron chi connectivity index (χ3n) is 3.08. The Kier molecular flexibility index (Phi) is 5.77. The van der Waals surface area contributed by atoms with E-state index in [1.54, 1.807) is 11.8 Å². The number of aliphatic carboxylic acids is 1. The number of hydrogen-bond donors (Lipinski definition) is 1. The van der Waals surface area contributed by atoms with Crippen molar-refractivity contribution < 1.29 is 27.9 Å². The zero-order valence-corrected chi connectivity index (χ0v) is 12.8. The van der Waals surface area contributed by atoms with Crippen LogP contribution >= 0.6 is 11.8 Å². The number of nitrogens with zero attached hydrogens (tertiary/aromatic N) is 2. The maximum Gasteiger partial charge on any atom is 0.406 e. The molecule has 1 N–H and O–H groups in total. The molecule has 21 heavy (non-hydrogen) atoms. The van der Waals surface area contributed by atoms with Crippen molar-refractivity contribution in [1.29, 1.82) is 0 Å². The first-order chi connectivity index (χ1) is 9.50. The number of rotatable bonds is 3. The molecular formula is C12H19F3N2O3S. The molecule has 1 aliphatic rings. The lowest BCUT2D eigenvalue weighted by molar-refractivity contribution is -0.149. The van der Waals surface area contributed by atoms with Gasteiger partial charge in [-0.05, 0) is 6.42 Å². The number of carbonyl (C=O) groups excluding carboxylic acids is 1. The quantitative estimate of drug-likeness (QED) is 0.863. The molecule has 0 radical (unpaired) electrons. The number of halogens is 3. The van der Waals surface area contributed by atoms with Gasteiger partial charge in [-0.15, -0.1) is 0 Å². The Balaban J connectivity index is 2.77. The van der Waals surface area contributed by atoms with E-state index in [1.165, 1.54) is 4.90 Å². The normalized spacial score (nSPS) is 19.0. The van der Waals surface area contributed by atoms with Crippen LogP contribution in [0.1, 0.15) is 20.3 Å². The number of urea groups is 1. The molecular weight excluding hydrogens is 309 g/mol. The highest BCUT2D eigenvalue weighted by Gasteiger charge is 2.36. The molecule has 0 spiro atoms. The number of carboxylic acid groups (broad SMARTS) is 1. The molecule has 5 nitrogen and oxygen atoms in total. The van der Waals surface area contributed by atoms with Crippen LogP contribution in [0.2, 0.25) is 0 Å². The number of carboxylic acids is 1. The molecule has 0 aromatic carbocycles. The van der Waals surface area contributed by atoms with Gasteiger partial charge in [0.1, 0.15) is 13.1 Å². The molecule has 1 saturated heterocycles. The molecule has 1 fully saturated rings. The summed E-state index contributed by atoms with van der Waals surface area (Å²) in [6, 6.07) is -0.868. The van der Waals surface area contributed by atoms with E-state index >= 15 is 0 Å². The maximum atomic E-state index is 12.5. The first-order valence-corrected chi connectivity index (χ1v) is 7.45. The molecule has 0 aliphatic carbocycles. The molecule has 0 aromatic heterocycles. The predicted octanol–water partition coefficient (Wildman–Crippen LogP) is 2.27. The van der Waals surface area contributed by atoms with Crippen LogP contribution in [0.3, 0.4) is 0 Å². The van der Waals surface area contributed by atoms with Crippen LogP contribution in [0.4, 0.5) is 18.0 Å². The summed E-state index contributed by atoms with van der Waals surface area (Å²) in [6.07, 6.45) is -3.97. The average molecular weight is 328 g/mol. The van der Waals surface area contributed by atoms with E-state index in [2.05, 4.69) is 0 Å². The van der Waals surface area contributed by atoms with Crippen LogP contribution < -0.4 is 0 Å². The Labute approximate surface area is 125 Å². The monoisotopic (exact) mass is 328 g/mol. The van der Waals surface area contributed by atoms with Crippen LogP contribution in [-0.2, 0) is 4.79 Å². The summed E-state index contributed by atoms with van der Waals surface area (Å²) in [7, 11) is 0. The summed E-state index contributed by atoms with van der Waals surface area (Å²) in [5.74, 6) is -0.844. The number of thioether (sulfide) groups is 1. The summed E-state index contributed by atoms with van der Waals surface area (Å²) >= 11 is 1.65. The van der Waals surface area contributed by atoms with Gasteiger partial charge in [0.2, 0.25) is 0 Å². The van der Waals surface area contributed by atoms with Crippen LogP contribution in [-0.4, -0.2) is 69.8 Å². The number of amides is 2. The SMILES string of the molecule is CC1(C)CCN(C(=O)N(CC(=O)O)CC(F)(F)F)CCS1. The first kappa shape index (κ1) is 17.9. The summed E-state index contributed by atoms with van der Waals surface area (Å²) in [6.45, 7) is 2.16. The lowest BCUT2D eigenvalue weighted by Gasteiger charge is -2.29. The second-order valence-electron chi connectivity index (χ2n) is 5.49. The Morgan fingerprint density at radius 1 is 1.33 bits per heavy atom. The van der Waals surface area contributed by atoms with Gasteiger partial charge in [-0.1, -0.05) is 13.8 Å². The molecule has 0 unspecified atom stereocenters. The van der Waals surface area contributed by atoms with Crippen molar-refractivity contribution in [2.75, 3.05) is 31.9 Å². The van der Waals surface area contributed by atoms with Crippen molar-refractivity contribution >= 4 is 23.8 Å². The van der Waals surface area contributed by atoms with E-state index in [1.807, 2.05) is 13.8 Å². The third-order valence-corrected chi connectivity index (χ3v) is 4.45.